The van der Waals surface area contributed by atoms with Gasteiger partial charge < -0.3 is 19.0 Å². The number of halogens is 1. The maximum atomic E-state index is 13.6. The molecule has 4 amide bonds. The monoisotopic (exact) mass is 480 g/mol. The van der Waals surface area contributed by atoms with Crippen LogP contribution >= 0.6 is 0 Å². The van der Waals surface area contributed by atoms with Crippen LogP contribution in [0, 0.1) is 5.82 Å². The van der Waals surface area contributed by atoms with Gasteiger partial charge in [0.25, 0.3) is 11.8 Å². The number of carbonyl (C=O) groups is 4. The van der Waals surface area contributed by atoms with Crippen LogP contribution in [0.4, 0.5) is 14.9 Å². The summed E-state index contributed by atoms with van der Waals surface area (Å²) in [5.74, 6) is -3.08. The second-order valence-corrected chi connectivity index (χ2v) is 7.21. The van der Waals surface area contributed by atoms with E-state index in [2.05, 4.69) is 5.32 Å². The molecule has 0 radical (unpaired) electrons. The maximum Gasteiger partial charge on any atom is 0.371 e. The number of benzene rings is 2. The van der Waals surface area contributed by atoms with Crippen LogP contribution < -0.4 is 19.7 Å². The summed E-state index contributed by atoms with van der Waals surface area (Å²) in [6, 6.07) is 11.2. The number of urea groups is 1. The Morgan fingerprint density at radius 3 is 2.60 bits per heavy atom. The number of rotatable bonds is 7. The smallest absolute Gasteiger partial charge is 0.371 e. The van der Waals surface area contributed by atoms with Crippen molar-refractivity contribution in [2.75, 3.05) is 12.0 Å². The number of furan rings is 1. The number of ether oxygens (including phenoxy) is 2. The average molecular weight is 480 g/mol. The summed E-state index contributed by atoms with van der Waals surface area (Å²) in [6.07, 6.45) is 1.26. The number of carbonyl (C=O) groups excluding carboxylic acids is 3. The molecule has 0 bridgehead atoms. The molecule has 1 aliphatic heterocycles. The van der Waals surface area contributed by atoms with Crippen molar-refractivity contribution in [2.45, 2.75) is 6.61 Å². The van der Waals surface area contributed by atoms with E-state index in [-0.39, 0.29) is 35.1 Å². The summed E-state index contributed by atoms with van der Waals surface area (Å²) in [7, 11) is 1.39. The minimum Gasteiger partial charge on any atom is -0.493 e. The van der Waals surface area contributed by atoms with Gasteiger partial charge in [0.2, 0.25) is 5.76 Å². The first-order valence-corrected chi connectivity index (χ1v) is 10.1. The third kappa shape index (κ3) is 4.88. The number of methoxy groups -OCH3 is 1. The second-order valence-electron chi connectivity index (χ2n) is 7.21. The van der Waals surface area contributed by atoms with E-state index in [1.165, 1.54) is 49.6 Å². The average Bonchev–Trinajstić information content (AvgIpc) is 3.30. The molecule has 10 nitrogen and oxygen atoms in total. The fourth-order valence-electron chi connectivity index (χ4n) is 3.29. The Morgan fingerprint density at radius 1 is 1.11 bits per heavy atom. The van der Waals surface area contributed by atoms with Gasteiger partial charge in [-0.25, -0.2) is 18.9 Å². The van der Waals surface area contributed by atoms with Crippen LogP contribution in [0.15, 0.2) is 64.6 Å². The van der Waals surface area contributed by atoms with Gasteiger partial charge in [-0.3, -0.25) is 14.9 Å². The topological polar surface area (TPSA) is 135 Å². The van der Waals surface area contributed by atoms with Gasteiger partial charge in [0, 0.05) is 0 Å². The normalized spacial score (nSPS) is 14.7. The van der Waals surface area contributed by atoms with Crippen LogP contribution in [-0.4, -0.2) is 36.0 Å². The van der Waals surface area contributed by atoms with Gasteiger partial charge in [-0.05, 0) is 54.1 Å². The largest absolute Gasteiger partial charge is 0.493 e. The molecule has 1 aromatic heterocycles. The van der Waals surface area contributed by atoms with Crippen molar-refractivity contribution in [3.63, 3.8) is 0 Å². The summed E-state index contributed by atoms with van der Waals surface area (Å²) in [5, 5.41) is 11.0. The molecule has 2 heterocycles. The molecule has 2 N–H and O–H groups in total. The van der Waals surface area contributed by atoms with Gasteiger partial charge in [-0.2, -0.15) is 0 Å². The lowest BCUT2D eigenvalue weighted by Gasteiger charge is -2.26. The van der Waals surface area contributed by atoms with Crippen molar-refractivity contribution >= 4 is 35.6 Å². The van der Waals surface area contributed by atoms with Crippen LogP contribution in [0.5, 0.6) is 11.5 Å². The first-order chi connectivity index (χ1) is 16.8. The van der Waals surface area contributed by atoms with E-state index >= 15 is 0 Å². The molecule has 0 atom stereocenters. The third-order valence-electron chi connectivity index (χ3n) is 4.91. The van der Waals surface area contributed by atoms with Crippen molar-refractivity contribution in [1.82, 2.24) is 5.32 Å². The summed E-state index contributed by atoms with van der Waals surface area (Å²) >= 11 is 0. The Morgan fingerprint density at radius 2 is 1.91 bits per heavy atom. The highest BCUT2D eigenvalue weighted by molar-refractivity contribution is 6.39. The van der Waals surface area contributed by atoms with E-state index in [0.29, 0.717) is 16.2 Å². The molecule has 2 aromatic carbocycles. The number of amides is 4. The molecule has 0 aliphatic carbocycles. The lowest BCUT2D eigenvalue weighted by atomic mass is 10.1. The van der Waals surface area contributed by atoms with E-state index in [0.717, 1.165) is 12.1 Å². The van der Waals surface area contributed by atoms with E-state index in [1.807, 2.05) is 0 Å². The Balaban J connectivity index is 1.57. The van der Waals surface area contributed by atoms with Gasteiger partial charge in [-0.15, -0.1) is 0 Å². The fourth-order valence-corrected chi connectivity index (χ4v) is 3.29. The van der Waals surface area contributed by atoms with Crippen LogP contribution in [0.25, 0.3) is 6.08 Å². The molecular weight excluding hydrogens is 463 g/mol. The Hall–Kier alpha value is -4.93. The fraction of sp³-hybridized carbons (Fsp3) is 0.0833. The quantitative estimate of drug-likeness (QED) is 0.388. The highest BCUT2D eigenvalue weighted by Crippen LogP contribution is 2.31. The van der Waals surface area contributed by atoms with E-state index in [4.69, 9.17) is 19.0 Å². The molecular formula is C24H17FN2O8. The zero-order valence-electron chi connectivity index (χ0n) is 18.1. The molecule has 0 unspecified atom stereocenters. The number of anilines is 1. The molecule has 0 saturated carbocycles. The van der Waals surface area contributed by atoms with Crippen LogP contribution in [-0.2, 0) is 16.2 Å². The van der Waals surface area contributed by atoms with Crippen molar-refractivity contribution in [3.05, 3.63) is 83.1 Å². The number of nitrogens with one attached hydrogen (secondary N) is 1. The maximum absolute atomic E-state index is 13.6. The van der Waals surface area contributed by atoms with Gasteiger partial charge >= 0.3 is 12.0 Å². The Labute approximate surface area is 197 Å². The van der Waals surface area contributed by atoms with Gasteiger partial charge in [0.05, 0.1) is 12.8 Å². The van der Waals surface area contributed by atoms with Crippen LogP contribution in [0.3, 0.4) is 0 Å². The standard InChI is InChI=1S/C24H17FN2O8/c1-33-20-10-13(5-7-18(20)34-12-16-6-8-19(35-16)23(30)31)9-17-21(28)26-24(32)27(22(17)29)15-4-2-3-14(25)11-15/h2-11H,12H2,1H3,(H,30,31)(H,26,28,32)/b17-9+. The SMILES string of the molecule is COc1cc(/C=C2\C(=O)NC(=O)N(c3cccc(F)c3)C2=O)ccc1OCc1ccc(C(=O)O)o1. The number of barbiturate groups is 1. The molecule has 1 fully saturated rings. The molecule has 35 heavy (non-hydrogen) atoms. The highest BCUT2D eigenvalue weighted by Gasteiger charge is 2.37. The minimum absolute atomic E-state index is 0.0313. The zero-order valence-corrected chi connectivity index (χ0v) is 18.1. The van der Waals surface area contributed by atoms with Crippen molar-refractivity contribution in [1.29, 1.82) is 0 Å². The lowest BCUT2D eigenvalue weighted by molar-refractivity contribution is -0.122. The predicted molar refractivity (Wildman–Crippen MR) is 118 cm³/mol. The second kappa shape index (κ2) is 9.51. The summed E-state index contributed by atoms with van der Waals surface area (Å²) in [6.45, 7) is -0.0737. The van der Waals surface area contributed by atoms with Crippen molar-refractivity contribution in [2.24, 2.45) is 0 Å². The molecule has 4 rings (SSSR count). The highest BCUT2D eigenvalue weighted by atomic mass is 19.1. The number of hydrogen-bond donors (Lipinski definition) is 2. The molecule has 11 heteroatoms. The van der Waals surface area contributed by atoms with Crippen LogP contribution in [0.1, 0.15) is 21.9 Å². The number of aromatic carboxylic acids is 1. The first kappa shape index (κ1) is 23.2. The van der Waals surface area contributed by atoms with E-state index in [9.17, 15) is 23.6 Å². The minimum atomic E-state index is -1.20. The molecule has 1 aliphatic rings. The van der Waals surface area contributed by atoms with E-state index < -0.39 is 29.6 Å². The first-order valence-electron chi connectivity index (χ1n) is 10.1. The number of nitrogens with zero attached hydrogens (tertiary/aromatic N) is 1. The lowest BCUT2D eigenvalue weighted by Crippen LogP contribution is -2.54. The van der Waals surface area contributed by atoms with E-state index in [1.54, 1.807) is 6.07 Å². The number of hydrogen-bond acceptors (Lipinski definition) is 7. The number of carboxylic acids is 1. The van der Waals surface area contributed by atoms with Gasteiger partial charge in [0.15, 0.2) is 11.5 Å². The van der Waals surface area contributed by atoms with Gasteiger partial charge in [0.1, 0.15) is 23.8 Å². The molecule has 1 saturated heterocycles. The summed E-state index contributed by atoms with van der Waals surface area (Å²) in [5.41, 5.74) is 0.00461. The Kier molecular flexibility index (Phi) is 6.32. The van der Waals surface area contributed by atoms with Crippen molar-refractivity contribution < 1.29 is 42.6 Å². The van der Waals surface area contributed by atoms with Crippen molar-refractivity contribution in [3.8, 4) is 11.5 Å². The molecule has 0 spiro atoms. The summed E-state index contributed by atoms with van der Waals surface area (Å²) < 4.78 is 29.7. The summed E-state index contributed by atoms with van der Waals surface area (Å²) in [4.78, 5) is 49.1. The third-order valence-corrected chi connectivity index (χ3v) is 4.91. The Bertz CT molecular complexity index is 1380. The number of imide groups is 2. The zero-order chi connectivity index (χ0) is 25.1. The number of carboxylic acid groups (broad SMARTS) is 1. The van der Waals surface area contributed by atoms with Gasteiger partial charge in [-0.1, -0.05) is 12.1 Å². The molecule has 178 valence electrons. The predicted octanol–water partition coefficient (Wildman–Crippen LogP) is 3.37. The van der Waals surface area contributed by atoms with Crippen LogP contribution in [0.2, 0.25) is 0 Å². The molecule has 3 aromatic rings.